The molecule has 0 unspecified atom stereocenters. The molecule has 0 atom stereocenters. The van der Waals surface area contributed by atoms with Gasteiger partial charge >= 0.3 is 0 Å². The minimum atomic E-state index is -3.75. The van der Waals surface area contributed by atoms with Crippen LogP contribution in [-0.2, 0) is 16.6 Å². The molecule has 1 N–H and O–H groups in total. The van der Waals surface area contributed by atoms with Crippen LogP contribution in [0.25, 0.3) is 0 Å². The molecule has 2 aromatic carbocycles. The van der Waals surface area contributed by atoms with E-state index in [0.717, 1.165) is 5.56 Å². The lowest BCUT2D eigenvalue weighted by Crippen LogP contribution is -2.36. The number of sulfonamides is 1. The molecule has 1 amide bonds. The van der Waals surface area contributed by atoms with E-state index in [2.05, 4.69) is 4.72 Å². The number of hydrogen-bond donors (Lipinski definition) is 1. The molecule has 0 fully saturated rings. The van der Waals surface area contributed by atoms with Crippen molar-refractivity contribution in [2.75, 3.05) is 14.2 Å². The largest absolute Gasteiger partial charge is 0.495 e. The van der Waals surface area contributed by atoms with Gasteiger partial charge in [0.05, 0.1) is 7.11 Å². The number of amides is 1. The molecule has 0 bridgehead atoms. The number of methoxy groups -OCH3 is 1. The summed E-state index contributed by atoms with van der Waals surface area (Å²) < 4.78 is 31.9. The van der Waals surface area contributed by atoms with Crippen LogP contribution in [0.1, 0.15) is 29.8 Å². The van der Waals surface area contributed by atoms with Crippen molar-refractivity contribution < 1.29 is 17.9 Å². The van der Waals surface area contributed by atoms with Gasteiger partial charge in [0.25, 0.3) is 5.91 Å². The van der Waals surface area contributed by atoms with Crippen molar-refractivity contribution in [1.29, 1.82) is 0 Å². The van der Waals surface area contributed by atoms with Gasteiger partial charge in [-0.1, -0.05) is 30.3 Å². The third-order valence-electron chi connectivity index (χ3n) is 4.05. The van der Waals surface area contributed by atoms with Gasteiger partial charge in [0.2, 0.25) is 10.0 Å². The Morgan fingerprint density at radius 1 is 1.15 bits per heavy atom. The first-order chi connectivity index (χ1) is 12.3. The minimum Gasteiger partial charge on any atom is -0.495 e. The molecule has 0 saturated heterocycles. The molecule has 0 aliphatic heterocycles. The SMILES string of the molecule is CNS(=O)(=O)c1cc(C(=O)N(Cc2ccccc2)C(C)C)ccc1OC. The van der Waals surface area contributed by atoms with Gasteiger partial charge in [0.15, 0.2) is 0 Å². The fourth-order valence-electron chi connectivity index (χ4n) is 2.56. The molecular formula is C19H24N2O4S. The first-order valence-corrected chi connectivity index (χ1v) is 9.75. The molecule has 140 valence electrons. The van der Waals surface area contributed by atoms with Crippen LogP contribution in [0, 0.1) is 0 Å². The lowest BCUT2D eigenvalue weighted by molar-refractivity contribution is 0.0690. The van der Waals surface area contributed by atoms with Gasteiger partial charge in [-0.15, -0.1) is 0 Å². The second-order valence-corrected chi connectivity index (χ2v) is 7.94. The molecule has 7 heteroatoms. The highest BCUT2D eigenvalue weighted by Gasteiger charge is 2.24. The molecule has 0 heterocycles. The van der Waals surface area contributed by atoms with E-state index >= 15 is 0 Å². The molecule has 0 aromatic heterocycles. The Bertz CT molecular complexity index is 864. The number of nitrogens with zero attached hydrogens (tertiary/aromatic N) is 1. The summed E-state index contributed by atoms with van der Waals surface area (Å²) in [5.41, 5.74) is 1.30. The fraction of sp³-hybridized carbons (Fsp3) is 0.316. The first-order valence-electron chi connectivity index (χ1n) is 8.26. The summed E-state index contributed by atoms with van der Waals surface area (Å²) in [5, 5.41) is 0. The number of hydrogen-bond acceptors (Lipinski definition) is 4. The van der Waals surface area contributed by atoms with Crippen LogP contribution < -0.4 is 9.46 Å². The molecule has 0 aliphatic carbocycles. The lowest BCUT2D eigenvalue weighted by atomic mass is 10.1. The van der Waals surface area contributed by atoms with Crippen molar-refractivity contribution in [3.63, 3.8) is 0 Å². The van der Waals surface area contributed by atoms with Gasteiger partial charge in [0, 0.05) is 18.2 Å². The zero-order chi connectivity index (χ0) is 19.3. The van der Waals surface area contributed by atoms with Crippen molar-refractivity contribution in [3.8, 4) is 5.75 Å². The Morgan fingerprint density at radius 3 is 2.35 bits per heavy atom. The highest BCUT2D eigenvalue weighted by Crippen LogP contribution is 2.26. The van der Waals surface area contributed by atoms with Crippen molar-refractivity contribution in [1.82, 2.24) is 9.62 Å². The Balaban J connectivity index is 2.41. The Morgan fingerprint density at radius 2 is 1.81 bits per heavy atom. The van der Waals surface area contributed by atoms with Crippen molar-refractivity contribution in [2.24, 2.45) is 0 Å². The molecule has 6 nitrogen and oxygen atoms in total. The van der Waals surface area contributed by atoms with Crippen LogP contribution in [0.2, 0.25) is 0 Å². The van der Waals surface area contributed by atoms with E-state index in [0.29, 0.717) is 12.1 Å². The van der Waals surface area contributed by atoms with E-state index in [4.69, 9.17) is 4.74 Å². The summed E-state index contributed by atoms with van der Waals surface area (Å²) in [7, 11) is -1.04. The molecule has 0 saturated carbocycles. The second kappa shape index (κ2) is 8.33. The number of carbonyl (C=O) groups is 1. The zero-order valence-corrected chi connectivity index (χ0v) is 16.2. The maximum absolute atomic E-state index is 13.0. The number of benzene rings is 2. The van der Waals surface area contributed by atoms with E-state index in [9.17, 15) is 13.2 Å². The standard InChI is InChI=1S/C19H24N2O4S/c1-14(2)21(13-15-8-6-5-7-9-15)19(22)16-10-11-17(25-4)18(12-16)26(23,24)20-3/h5-12,14,20H,13H2,1-4H3. The Hall–Kier alpha value is -2.38. The van der Waals surface area contributed by atoms with Crippen LogP contribution in [-0.4, -0.2) is 39.4 Å². The molecule has 0 spiro atoms. The average molecular weight is 376 g/mol. The normalized spacial score (nSPS) is 11.4. The topological polar surface area (TPSA) is 75.7 Å². The van der Waals surface area contributed by atoms with Gasteiger partial charge in [-0.3, -0.25) is 4.79 Å². The summed E-state index contributed by atoms with van der Waals surface area (Å²) in [5.74, 6) is -0.0471. The fourth-order valence-corrected chi connectivity index (χ4v) is 3.48. The van der Waals surface area contributed by atoms with Gasteiger partial charge in [-0.25, -0.2) is 13.1 Å². The molecule has 2 rings (SSSR count). The third kappa shape index (κ3) is 4.42. The van der Waals surface area contributed by atoms with Crippen molar-refractivity contribution in [3.05, 3.63) is 59.7 Å². The van der Waals surface area contributed by atoms with E-state index in [-0.39, 0.29) is 22.6 Å². The van der Waals surface area contributed by atoms with Crippen LogP contribution in [0.5, 0.6) is 5.75 Å². The molecule has 26 heavy (non-hydrogen) atoms. The molecule has 0 radical (unpaired) electrons. The summed E-state index contributed by atoms with van der Waals surface area (Å²) in [6.07, 6.45) is 0. The van der Waals surface area contributed by atoms with E-state index in [1.807, 2.05) is 44.2 Å². The molecule has 0 aliphatic rings. The maximum atomic E-state index is 13.0. The Kier molecular flexibility index (Phi) is 6.39. The lowest BCUT2D eigenvalue weighted by Gasteiger charge is -2.27. The number of nitrogens with one attached hydrogen (secondary N) is 1. The van der Waals surface area contributed by atoms with Crippen LogP contribution >= 0.6 is 0 Å². The summed E-state index contributed by atoms with van der Waals surface area (Å²) in [6.45, 7) is 4.29. The summed E-state index contributed by atoms with van der Waals surface area (Å²) in [6, 6.07) is 14.0. The minimum absolute atomic E-state index is 0.0471. The highest BCUT2D eigenvalue weighted by atomic mass is 32.2. The van der Waals surface area contributed by atoms with E-state index in [1.165, 1.54) is 26.3 Å². The van der Waals surface area contributed by atoms with Gasteiger partial charge in [-0.2, -0.15) is 0 Å². The smallest absolute Gasteiger partial charge is 0.254 e. The second-order valence-electron chi connectivity index (χ2n) is 6.09. The number of ether oxygens (including phenoxy) is 1. The number of carbonyl (C=O) groups excluding carboxylic acids is 1. The van der Waals surface area contributed by atoms with Crippen LogP contribution in [0.3, 0.4) is 0 Å². The maximum Gasteiger partial charge on any atom is 0.254 e. The summed E-state index contributed by atoms with van der Waals surface area (Å²) >= 11 is 0. The van der Waals surface area contributed by atoms with Crippen molar-refractivity contribution in [2.45, 2.75) is 31.3 Å². The van der Waals surface area contributed by atoms with Gasteiger partial charge in [-0.05, 0) is 44.7 Å². The quantitative estimate of drug-likeness (QED) is 0.806. The van der Waals surface area contributed by atoms with Gasteiger partial charge in [0.1, 0.15) is 10.6 Å². The first kappa shape index (κ1) is 19.9. The third-order valence-corrected chi connectivity index (χ3v) is 5.48. The molecule has 2 aromatic rings. The number of rotatable bonds is 7. The van der Waals surface area contributed by atoms with Crippen LogP contribution in [0.15, 0.2) is 53.4 Å². The van der Waals surface area contributed by atoms with E-state index in [1.54, 1.807) is 11.0 Å². The van der Waals surface area contributed by atoms with Crippen LogP contribution in [0.4, 0.5) is 0 Å². The predicted molar refractivity (Wildman–Crippen MR) is 101 cm³/mol. The average Bonchev–Trinajstić information content (AvgIpc) is 2.65. The van der Waals surface area contributed by atoms with Gasteiger partial charge < -0.3 is 9.64 Å². The van der Waals surface area contributed by atoms with E-state index < -0.39 is 10.0 Å². The molecular weight excluding hydrogens is 352 g/mol. The monoisotopic (exact) mass is 376 g/mol. The summed E-state index contributed by atoms with van der Waals surface area (Å²) in [4.78, 5) is 14.7. The predicted octanol–water partition coefficient (Wildman–Crippen LogP) is 2.65. The van der Waals surface area contributed by atoms with Crippen molar-refractivity contribution >= 4 is 15.9 Å². The highest BCUT2D eigenvalue weighted by molar-refractivity contribution is 7.89. The zero-order valence-electron chi connectivity index (χ0n) is 15.4. The Labute approximate surface area is 154 Å².